The van der Waals surface area contributed by atoms with E-state index in [1.807, 2.05) is 0 Å². The highest BCUT2D eigenvalue weighted by Crippen LogP contribution is 2.25. The number of benzene rings is 1. The van der Waals surface area contributed by atoms with Crippen LogP contribution in [0.4, 0.5) is 4.39 Å². The van der Waals surface area contributed by atoms with E-state index in [0.717, 1.165) is 0 Å². The van der Waals surface area contributed by atoms with Crippen LogP contribution in [0.1, 0.15) is 30.1 Å². The minimum Gasteiger partial charge on any atom is -0.465 e. The summed E-state index contributed by atoms with van der Waals surface area (Å²) in [5.41, 5.74) is 0.208. The van der Waals surface area contributed by atoms with Gasteiger partial charge >= 0.3 is 5.97 Å². The van der Waals surface area contributed by atoms with Gasteiger partial charge in [0.05, 0.1) is 6.61 Å². The minimum atomic E-state index is -0.953. The molecule has 1 aromatic heterocycles. The summed E-state index contributed by atoms with van der Waals surface area (Å²) in [5, 5.41) is 6.58. The van der Waals surface area contributed by atoms with Gasteiger partial charge in [-0.05, 0) is 19.9 Å². The van der Waals surface area contributed by atoms with Gasteiger partial charge < -0.3 is 4.74 Å². The molecule has 0 saturated carbocycles. The summed E-state index contributed by atoms with van der Waals surface area (Å²) >= 11 is 0. The van der Waals surface area contributed by atoms with Crippen LogP contribution in [0.15, 0.2) is 24.3 Å². The second-order valence-electron chi connectivity index (χ2n) is 3.99. The molecule has 2 rings (SSSR count). The predicted octanol–water partition coefficient (Wildman–Crippen LogP) is 1.95. The molecule has 0 aliphatic heterocycles. The van der Waals surface area contributed by atoms with Gasteiger partial charge in [-0.3, -0.25) is 9.89 Å². The maximum absolute atomic E-state index is 13.9. The number of H-pyrrole nitrogens is 1. The van der Waals surface area contributed by atoms with Gasteiger partial charge in [-0.1, -0.05) is 18.2 Å². The predicted molar refractivity (Wildman–Crippen MR) is 66.0 cm³/mol. The molecule has 1 atom stereocenters. The molecule has 1 heterocycles. The lowest BCUT2D eigenvalue weighted by Gasteiger charge is -2.13. The molecule has 0 radical (unpaired) electrons. The van der Waals surface area contributed by atoms with Crippen molar-refractivity contribution in [1.82, 2.24) is 15.2 Å². The number of hydrogen-bond acceptors (Lipinski definition) is 4. The number of aromatic amines is 1. The molecule has 0 saturated heterocycles. The number of carbonyl (C=O) groups excluding carboxylic acids is 1. The first-order valence-corrected chi connectivity index (χ1v) is 5.93. The van der Waals surface area contributed by atoms with Gasteiger partial charge in [0, 0.05) is 5.56 Å². The fourth-order valence-corrected chi connectivity index (χ4v) is 1.80. The van der Waals surface area contributed by atoms with Crippen LogP contribution in [0.5, 0.6) is 0 Å². The van der Waals surface area contributed by atoms with Gasteiger partial charge in [-0.15, -0.1) is 0 Å². The van der Waals surface area contributed by atoms with Crippen molar-refractivity contribution in [3.8, 4) is 0 Å². The Labute approximate surface area is 109 Å². The van der Waals surface area contributed by atoms with Crippen LogP contribution in [0.25, 0.3) is 0 Å². The minimum absolute atomic E-state index is 0.208. The number of aromatic nitrogens is 3. The second-order valence-corrected chi connectivity index (χ2v) is 3.99. The molecule has 0 aliphatic carbocycles. The van der Waals surface area contributed by atoms with Crippen LogP contribution in [-0.2, 0) is 9.53 Å². The van der Waals surface area contributed by atoms with E-state index in [1.165, 1.54) is 12.1 Å². The largest absolute Gasteiger partial charge is 0.465 e. The fraction of sp³-hybridized carbons (Fsp3) is 0.308. The number of carbonyl (C=O) groups is 1. The molecule has 0 amide bonds. The molecule has 5 nitrogen and oxygen atoms in total. The smallest absolute Gasteiger partial charge is 0.321 e. The monoisotopic (exact) mass is 263 g/mol. The molecule has 0 fully saturated rings. The summed E-state index contributed by atoms with van der Waals surface area (Å²) in [6, 6.07) is 6.04. The van der Waals surface area contributed by atoms with Crippen molar-refractivity contribution in [2.45, 2.75) is 19.8 Å². The third-order valence-corrected chi connectivity index (χ3v) is 2.61. The molecule has 1 aromatic carbocycles. The zero-order valence-corrected chi connectivity index (χ0v) is 10.7. The van der Waals surface area contributed by atoms with Crippen molar-refractivity contribution in [3.63, 3.8) is 0 Å². The molecule has 0 aliphatic rings. The Bertz CT molecular complexity index is 583. The maximum atomic E-state index is 13.9. The van der Waals surface area contributed by atoms with Gasteiger partial charge in [-0.2, -0.15) is 5.10 Å². The average Bonchev–Trinajstić information content (AvgIpc) is 2.79. The maximum Gasteiger partial charge on any atom is 0.321 e. The molecule has 19 heavy (non-hydrogen) atoms. The van der Waals surface area contributed by atoms with E-state index < -0.39 is 17.7 Å². The SMILES string of the molecule is CCOC(=O)C(c1n[nH]c(C)n1)c1ccccc1F. The summed E-state index contributed by atoms with van der Waals surface area (Å²) in [7, 11) is 0. The van der Waals surface area contributed by atoms with Gasteiger partial charge in [0.2, 0.25) is 0 Å². The van der Waals surface area contributed by atoms with Gasteiger partial charge in [0.15, 0.2) is 5.82 Å². The molecule has 0 spiro atoms. The standard InChI is InChI=1S/C13H14FN3O2/c1-3-19-13(18)11(12-15-8(2)16-17-12)9-6-4-5-7-10(9)14/h4-7,11H,3H2,1-2H3,(H,15,16,17). The first-order chi connectivity index (χ1) is 9.13. The summed E-state index contributed by atoms with van der Waals surface area (Å²) in [5.74, 6) is -1.23. The van der Waals surface area contributed by atoms with Crippen LogP contribution < -0.4 is 0 Å². The number of ether oxygens (including phenoxy) is 1. The summed E-state index contributed by atoms with van der Waals surface area (Å²) in [6.45, 7) is 3.62. The lowest BCUT2D eigenvalue weighted by Crippen LogP contribution is -2.19. The highest BCUT2D eigenvalue weighted by atomic mass is 19.1. The molecule has 2 aromatic rings. The number of hydrogen-bond donors (Lipinski definition) is 1. The second kappa shape index (κ2) is 5.60. The summed E-state index contributed by atoms with van der Waals surface area (Å²) in [6.07, 6.45) is 0. The zero-order chi connectivity index (χ0) is 13.8. The molecule has 6 heteroatoms. The van der Waals surface area contributed by atoms with Crippen LogP contribution in [0.3, 0.4) is 0 Å². The number of esters is 1. The van der Waals surface area contributed by atoms with E-state index in [2.05, 4.69) is 15.2 Å². The van der Waals surface area contributed by atoms with E-state index >= 15 is 0 Å². The normalized spacial score (nSPS) is 12.2. The summed E-state index contributed by atoms with van der Waals surface area (Å²) in [4.78, 5) is 16.1. The van der Waals surface area contributed by atoms with Crippen LogP contribution in [0, 0.1) is 12.7 Å². The Kier molecular flexibility index (Phi) is 3.89. The Balaban J connectivity index is 2.46. The van der Waals surface area contributed by atoms with Crippen molar-refractivity contribution in [3.05, 3.63) is 47.3 Å². The van der Waals surface area contributed by atoms with Crippen LogP contribution in [-0.4, -0.2) is 27.8 Å². The van der Waals surface area contributed by atoms with Crippen molar-refractivity contribution in [2.75, 3.05) is 6.61 Å². The third kappa shape index (κ3) is 2.78. The number of nitrogens with zero attached hydrogens (tertiary/aromatic N) is 2. The van der Waals surface area contributed by atoms with Gasteiger partial charge in [-0.25, -0.2) is 9.37 Å². The zero-order valence-electron chi connectivity index (χ0n) is 10.7. The van der Waals surface area contributed by atoms with Crippen molar-refractivity contribution in [1.29, 1.82) is 0 Å². The van der Waals surface area contributed by atoms with E-state index in [4.69, 9.17) is 4.74 Å². The van der Waals surface area contributed by atoms with Crippen molar-refractivity contribution >= 4 is 5.97 Å². The van der Waals surface area contributed by atoms with Crippen LogP contribution >= 0.6 is 0 Å². The average molecular weight is 263 g/mol. The Morgan fingerprint density at radius 2 is 2.21 bits per heavy atom. The molecular formula is C13H14FN3O2. The molecule has 1 unspecified atom stereocenters. The molecule has 100 valence electrons. The van der Waals surface area contributed by atoms with Crippen LogP contribution in [0.2, 0.25) is 0 Å². The lowest BCUT2D eigenvalue weighted by molar-refractivity contribution is -0.144. The topological polar surface area (TPSA) is 67.9 Å². The first-order valence-electron chi connectivity index (χ1n) is 5.93. The van der Waals surface area contributed by atoms with Crippen molar-refractivity contribution in [2.24, 2.45) is 0 Å². The Morgan fingerprint density at radius 3 is 2.79 bits per heavy atom. The number of aryl methyl sites for hydroxylation is 1. The highest BCUT2D eigenvalue weighted by molar-refractivity contribution is 5.81. The first kappa shape index (κ1) is 13.2. The molecule has 0 bridgehead atoms. The number of halogens is 1. The van der Waals surface area contributed by atoms with E-state index in [-0.39, 0.29) is 18.0 Å². The number of rotatable bonds is 4. The summed E-state index contributed by atoms with van der Waals surface area (Å²) < 4.78 is 18.8. The van der Waals surface area contributed by atoms with E-state index in [1.54, 1.807) is 26.0 Å². The highest BCUT2D eigenvalue weighted by Gasteiger charge is 2.30. The quantitative estimate of drug-likeness (QED) is 0.856. The Morgan fingerprint density at radius 1 is 1.47 bits per heavy atom. The van der Waals surface area contributed by atoms with Gasteiger partial charge in [0.1, 0.15) is 17.6 Å². The Hall–Kier alpha value is -2.24. The third-order valence-electron chi connectivity index (χ3n) is 2.61. The van der Waals surface area contributed by atoms with Gasteiger partial charge in [0.25, 0.3) is 0 Å². The molecular weight excluding hydrogens is 249 g/mol. The number of nitrogens with one attached hydrogen (secondary N) is 1. The van der Waals surface area contributed by atoms with Crippen molar-refractivity contribution < 1.29 is 13.9 Å². The fourth-order valence-electron chi connectivity index (χ4n) is 1.80. The lowest BCUT2D eigenvalue weighted by atomic mass is 9.98. The van der Waals surface area contributed by atoms with E-state index in [0.29, 0.717) is 5.82 Å². The van der Waals surface area contributed by atoms with E-state index in [9.17, 15) is 9.18 Å². The molecule has 1 N–H and O–H groups in total.